The monoisotopic (exact) mass is 254 g/mol. The Bertz CT molecular complexity index is 282. The van der Waals surface area contributed by atoms with Crippen molar-refractivity contribution in [1.82, 2.24) is 10.2 Å². The molecular formula is C14H26N2O2. The van der Waals surface area contributed by atoms with Gasteiger partial charge < -0.3 is 15.0 Å². The zero-order valence-corrected chi connectivity index (χ0v) is 11.9. The molecule has 0 aliphatic carbocycles. The van der Waals surface area contributed by atoms with Gasteiger partial charge in [0, 0.05) is 12.1 Å². The number of carbonyl (C=O) groups excluding carboxylic acids is 1. The number of nitrogens with zero attached hydrogens (tertiary/aromatic N) is 1. The van der Waals surface area contributed by atoms with Crippen molar-refractivity contribution >= 4 is 5.97 Å². The molecule has 0 aromatic rings. The van der Waals surface area contributed by atoms with E-state index in [1.54, 1.807) is 0 Å². The Morgan fingerprint density at radius 3 is 2.67 bits per heavy atom. The van der Waals surface area contributed by atoms with E-state index >= 15 is 0 Å². The molecule has 0 saturated carbocycles. The Morgan fingerprint density at radius 1 is 1.44 bits per heavy atom. The fourth-order valence-electron chi connectivity index (χ4n) is 2.25. The van der Waals surface area contributed by atoms with Crippen molar-refractivity contribution in [3.63, 3.8) is 0 Å². The average molecular weight is 254 g/mol. The fraction of sp³-hybridized carbons (Fsp3) is 0.786. The minimum Gasteiger partial charge on any atom is -0.466 e. The third-order valence-electron chi connectivity index (χ3n) is 3.59. The highest BCUT2D eigenvalue weighted by atomic mass is 16.5. The molecule has 0 bridgehead atoms. The molecule has 0 unspecified atom stereocenters. The maximum absolute atomic E-state index is 11.4. The zero-order chi connectivity index (χ0) is 13.4. The normalized spacial score (nSPS) is 18.9. The Labute approximate surface area is 110 Å². The first-order valence-corrected chi connectivity index (χ1v) is 6.84. The number of nitrogens with one attached hydrogen (secondary N) is 1. The molecule has 4 heteroatoms. The Kier molecular flexibility index (Phi) is 6.98. The van der Waals surface area contributed by atoms with E-state index in [2.05, 4.69) is 17.3 Å². The summed E-state index contributed by atoms with van der Waals surface area (Å²) in [5.74, 6) is 0.566. The number of rotatable bonds is 6. The topological polar surface area (TPSA) is 41.6 Å². The molecule has 1 aliphatic rings. The van der Waals surface area contributed by atoms with Gasteiger partial charge in [-0.1, -0.05) is 13.0 Å². The molecule has 1 saturated heterocycles. The highest BCUT2D eigenvalue weighted by molar-refractivity contribution is 5.88. The quantitative estimate of drug-likeness (QED) is 0.442. The molecule has 1 fully saturated rings. The van der Waals surface area contributed by atoms with Gasteiger partial charge in [0.05, 0.1) is 7.11 Å². The first-order valence-electron chi connectivity index (χ1n) is 6.84. The number of hydrogen-bond acceptors (Lipinski definition) is 4. The molecule has 0 amide bonds. The van der Waals surface area contributed by atoms with Crippen LogP contribution in [0.15, 0.2) is 11.6 Å². The number of likely N-dealkylation sites (tertiary alicyclic amines) is 1. The van der Waals surface area contributed by atoms with Gasteiger partial charge in [0.15, 0.2) is 0 Å². The van der Waals surface area contributed by atoms with Crippen molar-refractivity contribution in [1.29, 1.82) is 0 Å². The van der Waals surface area contributed by atoms with Crippen molar-refractivity contribution in [3.8, 4) is 0 Å². The maximum Gasteiger partial charge on any atom is 0.333 e. The van der Waals surface area contributed by atoms with Crippen molar-refractivity contribution in [2.24, 2.45) is 5.92 Å². The van der Waals surface area contributed by atoms with Gasteiger partial charge in [-0.15, -0.1) is 0 Å². The molecule has 0 radical (unpaired) electrons. The first kappa shape index (κ1) is 15.2. The molecule has 0 aromatic carbocycles. The van der Waals surface area contributed by atoms with Crippen LogP contribution < -0.4 is 5.32 Å². The molecule has 0 atom stereocenters. The summed E-state index contributed by atoms with van der Waals surface area (Å²) in [5.41, 5.74) is 0.758. The minimum atomic E-state index is -0.210. The fourth-order valence-corrected chi connectivity index (χ4v) is 2.25. The first-order chi connectivity index (χ1) is 8.67. The number of hydrogen-bond donors (Lipinski definition) is 1. The minimum absolute atomic E-state index is 0.210. The van der Waals surface area contributed by atoms with E-state index in [0.717, 1.165) is 31.0 Å². The van der Waals surface area contributed by atoms with Crippen LogP contribution >= 0.6 is 0 Å². The Balaban J connectivity index is 2.21. The predicted molar refractivity (Wildman–Crippen MR) is 73.5 cm³/mol. The van der Waals surface area contributed by atoms with E-state index < -0.39 is 0 Å². The summed E-state index contributed by atoms with van der Waals surface area (Å²) in [7, 11) is 3.61. The van der Waals surface area contributed by atoms with Gasteiger partial charge in [-0.05, 0) is 51.9 Å². The van der Waals surface area contributed by atoms with Crippen molar-refractivity contribution in [2.45, 2.75) is 26.2 Å². The molecule has 104 valence electrons. The second-order valence-electron chi connectivity index (χ2n) is 4.98. The number of carbonyl (C=O) groups is 1. The molecule has 1 N–H and O–H groups in total. The number of piperidine rings is 1. The van der Waals surface area contributed by atoms with Gasteiger partial charge >= 0.3 is 5.97 Å². The summed E-state index contributed by atoms with van der Waals surface area (Å²) in [5, 5.41) is 3.41. The number of methoxy groups -OCH3 is 1. The smallest absolute Gasteiger partial charge is 0.333 e. The van der Waals surface area contributed by atoms with Crippen LogP contribution in [0.5, 0.6) is 0 Å². The highest BCUT2D eigenvalue weighted by Gasteiger charge is 2.15. The van der Waals surface area contributed by atoms with Crippen LogP contribution in [0, 0.1) is 5.92 Å². The van der Waals surface area contributed by atoms with E-state index in [4.69, 9.17) is 4.74 Å². The van der Waals surface area contributed by atoms with E-state index in [1.807, 2.05) is 13.0 Å². The van der Waals surface area contributed by atoms with E-state index in [9.17, 15) is 4.79 Å². The van der Waals surface area contributed by atoms with Gasteiger partial charge in [-0.3, -0.25) is 0 Å². The summed E-state index contributed by atoms with van der Waals surface area (Å²) in [4.78, 5) is 13.7. The molecule has 18 heavy (non-hydrogen) atoms. The SMILES string of the molecule is CCC(=CCNCC1CCN(C)CC1)C(=O)OC. The molecule has 1 rings (SSSR count). The summed E-state index contributed by atoms with van der Waals surface area (Å²) < 4.78 is 4.72. The lowest BCUT2D eigenvalue weighted by Crippen LogP contribution is -2.35. The van der Waals surface area contributed by atoms with Crippen molar-refractivity contribution in [3.05, 3.63) is 11.6 Å². The van der Waals surface area contributed by atoms with Crippen molar-refractivity contribution < 1.29 is 9.53 Å². The summed E-state index contributed by atoms with van der Waals surface area (Å²) in [6, 6.07) is 0. The molecular weight excluding hydrogens is 228 g/mol. The Hall–Kier alpha value is -0.870. The van der Waals surface area contributed by atoms with Gasteiger partial charge in [0.1, 0.15) is 0 Å². The molecule has 0 aromatic heterocycles. The van der Waals surface area contributed by atoms with Gasteiger partial charge in [0.2, 0.25) is 0 Å². The molecule has 0 spiro atoms. The van der Waals surface area contributed by atoms with Crippen molar-refractivity contribution in [2.75, 3.05) is 40.3 Å². The van der Waals surface area contributed by atoms with Crippen LogP contribution in [0.25, 0.3) is 0 Å². The van der Waals surface area contributed by atoms with Crippen LogP contribution in [0.4, 0.5) is 0 Å². The Morgan fingerprint density at radius 2 is 2.11 bits per heavy atom. The van der Waals surface area contributed by atoms with Crippen LogP contribution in [-0.4, -0.2) is 51.2 Å². The second-order valence-corrected chi connectivity index (χ2v) is 4.98. The summed E-state index contributed by atoms with van der Waals surface area (Å²) in [6.45, 7) is 6.17. The average Bonchev–Trinajstić information content (AvgIpc) is 2.40. The lowest BCUT2D eigenvalue weighted by molar-refractivity contribution is -0.136. The van der Waals surface area contributed by atoms with E-state index in [0.29, 0.717) is 0 Å². The molecule has 1 aliphatic heterocycles. The lowest BCUT2D eigenvalue weighted by Gasteiger charge is -2.28. The van der Waals surface area contributed by atoms with Crippen LogP contribution in [-0.2, 0) is 9.53 Å². The standard InChI is InChI=1S/C14H26N2O2/c1-4-13(14(17)18-3)5-8-15-11-12-6-9-16(2)10-7-12/h5,12,15H,4,6-11H2,1-3H3. The summed E-state index contributed by atoms with van der Waals surface area (Å²) >= 11 is 0. The molecule has 1 heterocycles. The van der Waals surface area contributed by atoms with Crippen LogP contribution in [0.3, 0.4) is 0 Å². The molecule has 4 nitrogen and oxygen atoms in total. The van der Waals surface area contributed by atoms with Crippen LogP contribution in [0.2, 0.25) is 0 Å². The summed E-state index contributed by atoms with van der Waals surface area (Å²) in [6.07, 6.45) is 5.21. The lowest BCUT2D eigenvalue weighted by atomic mass is 9.97. The third-order valence-corrected chi connectivity index (χ3v) is 3.59. The highest BCUT2D eigenvalue weighted by Crippen LogP contribution is 2.14. The zero-order valence-electron chi connectivity index (χ0n) is 11.9. The largest absolute Gasteiger partial charge is 0.466 e. The van der Waals surface area contributed by atoms with Gasteiger partial charge in [-0.25, -0.2) is 4.79 Å². The van der Waals surface area contributed by atoms with Crippen LogP contribution in [0.1, 0.15) is 26.2 Å². The van der Waals surface area contributed by atoms with Gasteiger partial charge in [-0.2, -0.15) is 0 Å². The van der Waals surface area contributed by atoms with E-state index in [-0.39, 0.29) is 5.97 Å². The third kappa shape index (κ3) is 5.19. The number of ether oxygens (including phenoxy) is 1. The maximum atomic E-state index is 11.4. The number of esters is 1. The second kappa shape index (κ2) is 8.27. The predicted octanol–water partition coefficient (Wildman–Crippen LogP) is 1.43. The van der Waals surface area contributed by atoms with E-state index in [1.165, 1.54) is 33.0 Å². The van der Waals surface area contributed by atoms with Gasteiger partial charge in [0.25, 0.3) is 0 Å².